The van der Waals surface area contributed by atoms with Crippen LogP contribution in [-0.4, -0.2) is 5.11 Å². The molecule has 70 valence electrons. The number of rotatable bonds is 1. The largest absolute Gasteiger partial charge is 0.505 e. The van der Waals surface area contributed by atoms with Crippen LogP contribution in [0.1, 0.15) is 0 Å². The van der Waals surface area contributed by atoms with Gasteiger partial charge >= 0.3 is 5.63 Å². The van der Waals surface area contributed by atoms with Gasteiger partial charge in [-0.3, -0.25) is 0 Å². The van der Waals surface area contributed by atoms with Gasteiger partial charge in [-0.2, -0.15) is 0 Å². The summed E-state index contributed by atoms with van der Waals surface area (Å²) in [7, 11) is 0. The Hall–Kier alpha value is -2.17. The minimum absolute atomic E-state index is 0.224. The molecular formula is C9H5NO4. The predicted octanol–water partition coefficient (Wildman–Crippen LogP) is 1.90. The molecule has 0 unspecified atom stereocenters. The van der Waals surface area contributed by atoms with Gasteiger partial charge in [-0.1, -0.05) is 12.1 Å². The summed E-state index contributed by atoms with van der Waals surface area (Å²) in [6.45, 7) is 0. The van der Waals surface area contributed by atoms with Crippen molar-refractivity contribution in [1.29, 1.82) is 0 Å². The topological polar surface area (TPSA) is 79.9 Å². The van der Waals surface area contributed by atoms with E-state index < -0.39 is 17.1 Å². The molecule has 0 spiro atoms. The first-order valence-corrected chi connectivity index (χ1v) is 3.82. The Kier molecular flexibility index (Phi) is 1.78. The summed E-state index contributed by atoms with van der Waals surface area (Å²) in [6, 6.07) is 6.35. The van der Waals surface area contributed by atoms with Gasteiger partial charge in [-0.25, -0.2) is 4.79 Å². The van der Waals surface area contributed by atoms with Gasteiger partial charge in [0.2, 0.25) is 5.69 Å². The molecule has 0 aliphatic heterocycles. The maximum atomic E-state index is 11.1. The van der Waals surface area contributed by atoms with Gasteiger partial charge in [0.05, 0.1) is 5.39 Å². The number of benzene rings is 1. The van der Waals surface area contributed by atoms with Crippen molar-refractivity contribution >= 4 is 16.7 Å². The predicted molar refractivity (Wildman–Crippen MR) is 49.6 cm³/mol. The van der Waals surface area contributed by atoms with Gasteiger partial charge in [0, 0.05) is 0 Å². The van der Waals surface area contributed by atoms with E-state index in [0.717, 1.165) is 0 Å². The lowest BCUT2D eigenvalue weighted by molar-refractivity contribution is 0.470. The van der Waals surface area contributed by atoms with E-state index >= 15 is 0 Å². The van der Waals surface area contributed by atoms with Crippen molar-refractivity contribution in [2.45, 2.75) is 0 Å². The first-order chi connectivity index (χ1) is 6.74. The van der Waals surface area contributed by atoms with E-state index in [2.05, 4.69) is 5.18 Å². The van der Waals surface area contributed by atoms with Crippen LogP contribution in [-0.2, 0) is 0 Å². The number of aromatic hydroxyl groups is 1. The van der Waals surface area contributed by atoms with E-state index in [9.17, 15) is 14.8 Å². The zero-order valence-electron chi connectivity index (χ0n) is 6.93. The van der Waals surface area contributed by atoms with Gasteiger partial charge in [0.15, 0.2) is 5.75 Å². The SMILES string of the molecule is O=Nc1c(O)c2ccccc2oc1=O. The van der Waals surface area contributed by atoms with E-state index in [0.29, 0.717) is 5.39 Å². The van der Waals surface area contributed by atoms with E-state index in [4.69, 9.17) is 4.42 Å². The average molecular weight is 191 g/mol. The number of hydrogen-bond acceptors (Lipinski definition) is 5. The number of fused-ring (bicyclic) bond motifs is 1. The second-order valence-corrected chi connectivity index (χ2v) is 2.67. The maximum absolute atomic E-state index is 11.1. The second-order valence-electron chi connectivity index (χ2n) is 2.67. The number of nitrogens with zero attached hydrogens (tertiary/aromatic N) is 1. The lowest BCUT2D eigenvalue weighted by atomic mass is 10.2. The van der Waals surface area contributed by atoms with Gasteiger partial charge in [0.25, 0.3) is 0 Å². The molecule has 1 aromatic heterocycles. The minimum atomic E-state index is -0.934. The molecule has 5 nitrogen and oxygen atoms in total. The van der Waals surface area contributed by atoms with Crippen LogP contribution in [0.5, 0.6) is 5.75 Å². The molecule has 1 N–H and O–H groups in total. The molecule has 0 aliphatic carbocycles. The number of nitroso groups, excluding NO2 is 1. The van der Waals surface area contributed by atoms with Crippen LogP contribution in [0.4, 0.5) is 5.69 Å². The fraction of sp³-hybridized carbons (Fsp3) is 0. The monoisotopic (exact) mass is 191 g/mol. The Labute approximate surface area is 77.6 Å². The summed E-state index contributed by atoms with van der Waals surface area (Å²) in [5.41, 5.74) is -1.30. The first kappa shape index (κ1) is 8.43. The first-order valence-electron chi connectivity index (χ1n) is 3.82. The van der Waals surface area contributed by atoms with Crippen LogP contribution in [0.2, 0.25) is 0 Å². The Bertz CT molecular complexity index is 558. The van der Waals surface area contributed by atoms with Crippen molar-refractivity contribution in [3.63, 3.8) is 0 Å². The second kappa shape index (κ2) is 2.95. The summed E-state index contributed by atoms with van der Waals surface area (Å²) in [6.07, 6.45) is 0. The molecule has 0 amide bonds. The molecule has 0 fully saturated rings. The summed E-state index contributed by atoms with van der Waals surface area (Å²) < 4.78 is 4.76. The molecule has 1 heterocycles. The third-order valence-electron chi connectivity index (χ3n) is 1.85. The Morgan fingerprint density at radius 3 is 2.71 bits per heavy atom. The molecule has 2 rings (SSSR count). The molecule has 0 radical (unpaired) electrons. The summed E-state index contributed by atoms with van der Waals surface area (Å²) >= 11 is 0. The van der Waals surface area contributed by atoms with Crippen molar-refractivity contribution in [2.24, 2.45) is 5.18 Å². The van der Waals surface area contributed by atoms with Gasteiger partial charge < -0.3 is 9.52 Å². The van der Waals surface area contributed by atoms with E-state index in [1.54, 1.807) is 12.1 Å². The quantitative estimate of drug-likeness (QED) is 0.551. The molecule has 2 aromatic rings. The Morgan fingerprint density at radius 1 is 1.29 bits per heavy atom. The molecule has 0 saturated heterocycles. The molecule has 1 aromatic carbocycles. The smallest absolute Gasteiger partial charge is 0.369 e. The van der Waals surface area contributed by atoms with Gasteiger partial charge in [-0.05, 0) is 17.3 Å². The lowest BCUT2D eigenvalue weighted by Crippen LogP contribution is -1.97. The van der Waals surface area contributed by atoms with Crippen molar-refractivity contribution in [1.82, 2.24) is 0 Å². The third kappa shape index (κ3) is 1.06. The van der Waals surface area contributed by atoms with Crippen molar-refractivity contribution < 1.29 is 9.52 Å². The molecule has 5 heteroatoms. The fourth-order valence-corrected chi connectivity index (χ4v) is 1.20. The van der Waals surface area contributed by atoms with Crippen molar-refractivity contribution in [3.05, 3.63) is 39.6 Å². The highest BCUT2D eigenvalue weighted by atomic mass is 16.4. The highest BCUT2D eigenvalue weighted by Crippen LogP contribution is 2.30. The van der Waals surface area contributed by atoms with Crippen LogP contribution < -0.4 is 5.63 Å². The van der Waals surface area contributed by atoms with Crippen molar-refractivity contribution in [3.8, 4) is 5.75 Å². The summed E-state index contributed by atoms with van der Waals surface area (Å²) in [4.78, 5) is 21.3. The third-order valence-corrected chi connectivity index (χ3v) is 1.85. The van der Waals surface area contributed by atoms with E-state index in [1.807, 2.05) is 0 Å². The minimum Gasteiger partial charge on any atom is -0.505 e. The number of para-hydroxylation sites is 1. The molecule has 14 heavy (non-hydrogen) atoms. The fourth-order valence-electron chi connectivity index (χ4n) is 1.20. The molecule has 0 bridgehead atoms. The number of hydrogen-bond donors (Lipinski definition) is 1. The molecular weight excluding hydrogens is 186 g/mol. The van der Waals surface area contributed by atoms with Crippen LogP contribution in [0.25, 0.3) is 11.0 Å². The summed E-state index contributed by atoms with van der Waals surface area (Å²) in [5.74, 6) is -0.438. The normalized spacial score (nSPS) is 10.3. The van der Waals surface area contributed by atoms with Crippen LogP contribution in [0.15, 0.2) is 38.7 Å². The van der Waals surface area contributed by atoms with Crippen LogP contribution in [0.3, 0.4) is 0 Å². The average Bonchev–Trinajstić information content (AvgIpc) is 2.18. The lowest BCUT2D eigenvalue weighted by Gasteiger charge is -1.99. The summed E-state index contributed by atoms with van der Waals surface area (Å²) in [5, 5.41) is 12.2. The zero-order chi connectivity index (χ0) is 10.1. The molecule has 0 saturated carbocycles. The van der Waals surface area contributed by atoms with Gasteiger partial charge in [-0.15, -0.1) is 4.91 Å². The Morgan fingerprint density at radius 2 is 2.00 bits per heavy atom. The van der Waals surface area contributed by atoms with E-state index in [1.165, 1.54) is 12.1 Å². The molecule has 0 atom stereocenters. The zero-order valence-corrected chi connectivity index (χ0v) is 6.93. The van der Waals surface area contributed by atoms with Crippen molar-refractivity contribution in [2.75, 3.05) is 0 Å². The van der Waals surface area contributed by atoms with E-state index in [-0.39, 0.29) is 5.58 Å². The van der Waals surface area contributed by atoms with Crippen LogP contribution in [0, 0.1) is 4.91 Å². The highest BCUT2D eigenvalue weighted by Gasteiger charge is 2.13. The standard InChI is InChI=1S/C9H5NO4/c11-8-5-3-1-2-4-6(5)14-9(12)7(8)10-13/h1-4,11H. The van der Waals surface area contributed by atoms with Gasteiger partial charge in [0.1, 0.15) is 5.58 Å². The van der Waals surface area contributed by atoms with Crippen LogP contribution >= 0.6 is 0 Å². The highest BCUT2D eigenvalue weighted by molar-refractivity contribution is 5.87. The Balaban J connectivity index is 3.00. The maximum Gasteiger partial charge on any atom is 0.369 e. The molecule has 0 aliphatic rings.